The predicted molar refractivity (Wildman–Crippen MR) is 110 cm³/mol. The van der Waals surface area contributed by atoms with Crippen molar-refractivity contribution in [3.63, 3.8) is 0 Å². The summed E-state index contributed by atoms with van der Waals surface area (Å²) in [7, 11) is 1.68. The van der Waals surface area contributed by atoms with Crippen molar-refractivity contribution in [1.82, 2.24) is 15.1 Å². The van der Waals surface area contributed by atoms with Crippen LogP contribution in [0.5, 0.6) is 11.5 Å². The van der Waals surface area contributed by atoms with Gasteiger partial charge in [-0.2, -0.15) is 5.10 Å². The molecule has 0 aliphatic carbocycles. The molecular formula is C22H22N4O4. The number of nitrogens with zero attached hydrogens (tertiary/aromatic N) is 2. The Labute approximate surface area is 173 Å². The number of aryl methyl sites for hydroxylation is 2. The number of amides is 2. The largest absolute Gasteiger partial charge is 0.454 e. The number of benzene rings is 2. The first-order valence-corrected chi connectivity index (χ1v) is 9.63. The molecule has 1 aliphatic heterocycles. The Morgan fingerprint density at radius 3 is 2.67 bits per heavy atom. The van der Waals surface area contributed by atoms with Crippen molar-refractivity contribution in [2.45, 2.75) is 19.4 Å². The summed E-state index contributed by atoms with van der Waals surface area (Å²) in [5.74, 6) is 1.38. The molecule has 8 nitrogen and oxygen atoms in total. The highest BCUT2D eigenvalue weighted by Crippen LogP contribution is 2.32. The molecule has 3 aromatic rings. The second kappa shape index (κ2) is 8.69. The van der Waals surface area contributed by atoms with Gasteiger partial charge in [0.25, 0.3) is 5.91 Å². The molecule has 0 fully saturated rings. The van der Waals surface area contributed by atoms with E-state index in [1.54, 1.807) is 13.1 Å². The van der Waals surface area contributed by atoms with Gasteiger partial charge in [-0.15, -0.1) is 0 Å². The second-order valence-corrected chi connectivity index (χ2v) is 6.94. The van der Waals surface area contributed by atoms with Gasteiger partial charge in [0.1, 0.15) is 5.82 Å². The average molecular weight is 406 g/mol. The summed E-state index contributed by atoms with van der Waals surface area (Å²) in [4.78, 5) is 24.7. The number of carbonyl (C=O) groups is 2. The van der Waals surface area contributed by atoms with Crippen LogP contribution < -0.4 is 20.1 Å². The molecule has 4 rings (SSSR count). The molecule has 0 unspecified atom stereocenters. The molecule has 0 bridgehead atoms. The van der Waals surface area contributed by atoms with Crippen LogP contribution in [0.1, 0.15) is 28.0 Å². The lowest BCUT2D eigenvalue weighted by Gasteiger charge is -2.05. The first-order valence-electron chi connectivity index (χ1n) is 9.63. The Bertz CT molecular complexity index is 1060. The molecular weight excluding hydrogens is 384 g/mol. The van der Waals surface area contributed by atoms with Crippen molar-refractivity contribution < 1.29 is 19.1 Å². The number of anilines is 1. The zero-order valence-corrected chi connectivity index (χ0v) is 16.6. The van der Waals surface area contributed by atoms with Gasteiger partial charge in [-0.3, -0.25) is 14.3 Å². The Morgan fingerprint density at radius 1 is 1.03 bits per heavy atom. The van der Waals surface area contributed by atoms with E-state index >= 15 is 0 Å². The van der Waals surface area contributed by atoms with E-state index in [0.717, 1.165) is 11.1 Å². The van der Waals surface area contributed by atoms with Gasteiger partial charge in [-0.1, -0.05) is 36.4 Å². The summed E-state index contributed by atoms with van der Waals surface area (Å²) < 4.78 is 12.1. The van der Waals surface area contributed by atoms with Gasteiger partial charge in [0.2, 0.25) is 12.7 Å². The molecule has 8 heteroatoms. The van der Waals surface area contributed by atoms with Gasteiger partial charge in [0.15, 0.2) is 17.2 Å². The maximum Gasteiger partial charge on any atom is 0.272 e. The Balaban J connectivity index is 1.31. The molecule has 2 aromatic carbocycles. The topological polar surface area (TPSA) is 94.5 Å². The lowest BCUT2D eigenvalue weighted by molar-refractivity contribution is -0.116. The third-order valence-corrected chi connectivity index (χ3v) is 4.75. The summed E-state index contributed by atoms with van der Waals surface area (Å²) in [5.41, 5.74) is 2.22. The molecule has 154 valence electrons. The van der Waals surface area contributed by atoms with Crippen LogP contribution in [0.25, 0.3) is 0 Å². The SMILES string of the molecule is Cn1nc(C(=O)NCc2ccc3c(c2)OCO3)cc1NC(=O)CCc1ccccc1. The van der Waals surface area contributed by atoms with Crippen LogP contribution in [0.15, 0.2) is 54.6 Å². The second-order valence-electron chi connectivity index (χ2n) is 6.94. The van der Waals surface area contributed by atoms with Gasteiger partial charge >= 0.3 is 0 Å². The molecule has 2 amide bonds. The third-order valence-electron chi connectivity index (χ3n) is 4.75. The minimum atomic E-state index is -0.326. The van der Waals surface area contributed by atoms with Crippen LogP contribution in [0.4, 0.5) is 5.82 Å². The summed E-state index contributed by atoms with van der Waals surface area (Å²) >= 11 is 0. The highest BCUT2D eigenvalue weighted by atomic mass is 16.7. The van der Waals surface area contributed by atoms with E-state index in [0.29, 0.717) is 36.7 Å². The Hall–Kier alpha value is -3.81. The smallest absolute Gasteiger partial charge is 0.272 e. The van der Waals surface area contributed by atoms with Crippen LogP contribution in [0.3, 0.4) is 0 Å². The van der Waals surface area contributed by atoms with Gasteiger partial charge in [0.05, 0.1) is 0 Å². The van der Waals surface area contributed by atoms with Crippen LogP contribution in [-0.4, -0.2) is 28.4 Å². The predicted octanol–water partition coefficient (Wildman–Crippen LogP) is 2.65. The van der Waals surface area contributed by atoms with E-state index in [1.165, 1.54) is 4.68 Å². The van der Waals surface area contributed by atoms with E-state index in [4.69, 9.17) is 9.47 Å². The van der Waals surface area contributed by atoms with Crippen LogP contribution in [-0.2, 0) is 24.8 Å². The Morgan fingerprint density at radius 2 is 1.83 bits per heavy atom. The maximum absolute atomic E-state index is 12.5. The van der Waals surface area contributed by atoms with E-state index in [1.807, 2.05) is 48.5 Å². The van der Waals surface area contributed by atoms with E-state index < -0.39 is 0 Å². The first kappa shape index (κ1) is 19.5. The number of aromatic nitrogens is 2. The number of rotatable bonds is 7. The number of nitrogens with one attached hydrogen (secondary N) is 2. The molecule has 2 heterocycles. The lowest BCUT2D eigenvalue weighted by atomic mass is 10.1. The Kier molecular flexibility index (Phi) is 5.65. The fraction of sp³-hybridized carbons (Fsp3) is 0.227. The van der Waals surface area contributed by atoms with Gasteiger partial charge in [0, 0.05) is 26.1 Å². The molecule has 1 aliphatic rings. The quantitative estimate of drug-likeness (QED) is 0.629. The summed E-state index contributed by atoms with van der Waals surface area (Å²) in [6.07, 6.45) is 0.994. The zero-order valence-electron chi connectivity index (χ0n) is 16.6. The average Bonchev–Trinajstić information content (AvgIpc) is 3.37. The highest BCUT2D eigenvalue weighted by Gasteiger charge is 2.16. The van der Waals surface area contributed by atoms with Gasteiger partial charge < -0.3 is 20.1 Å². The summed E-state index contributed by atoms with van der Waals surface area (Å²) in [5, 5.41) is 9.83. The van der Waals surface area contributed by atoms with Crippen LogP contribution in [0, 0.1) is 0 Å². The van der Waals surface area contributed by atoms with Crippen LogP contribution >= 0.6 is 0 Å². The van der Waals surface area contributed by atoms with Crippen molar-refractivity contribution in [3.05, 3.63) is 71.4 Å². The number of fused-ring (bicyclic) bond motifs is 1. The molecule has 2 N–H and O–H groups in total. The zero-order chi connectivity index (χ0) is 20.9. The number of hydrogen-bond acceptors (Lipinski definition) is 5. The van der Waals surface area contributed by atoms with Crippen LogP contribution in [0.2, 0.25) is 0 Å². The van der Waals surface area contributed by atoms with Gasteiger partial charge in [-0.05, 0) is 29.7 Å². The lowest BCUT2D eigenvalue weighted by Crippen LogP contribution is -2.23. The van der Waals surface area contributed by atoms with Crippen molar-refractivity contribution in [2.24, 2.45) is 7.05 Å². The normalized spacial score (nSPS) is 11.9. The molecule has 0 saturated heterocycles. The standard InChI is InChI=1S/C22H22N4O4/c1-26-20(24-21(27)10-8-15-5-3-2-4-6-15)12-17(25-26)22(28)23-13-16-7-9-18-19(11-16)30-14-29-18/h2-7,9,11-12H,8,10,13-14H2,1H3,(H,23,28)(H,24,27). The molecule has 0 radical (unpaired) electrons. The van der Waals surface area contributed by atoms with Gasteiger partial charge in [-0.25, -0.2) is 0 Å². The first-order chi connectivity index (χ1) is 14.6. The molecule has 1 aromatic heterocycles. The maximum atomic E-state index is 12.5. The number of carbonyl (C=O) groups excluding carboxylic acids is 2. The van der Waals surface area contributed by atoms with E-state index in [9.17, 15) is 9.59 Å². The summed E-state index contributed by atoms with van der Waals surface area (Å²) in [6, 6.07) is 16.9. The van der Waals surface area contributed by atoms with Crippen molar-refractivity contribution in [2.75, 3.05) is 12.1 Å². The molecule has 30 heavy (non-hydrogen) atoms. The minimum absolute atomic E-state index is 0.130. The van der Waals surface area contributed by atoms with E-state index in [2.05, 4.69) is 15.7 Å². The fourth-order valence-electron chi connectivity index (χ4n) is 3.13. The van der Waals surface area contributed by atoms with Crippen molar-refractivity contribution in [3.8, 4) is 11.5 Å². The molecule has 0 spiro atoms. The minimum Gasteiger partial charge on any atom is -0.454 e. The third kappa shape index (κ3) is 4.60. The molecule has 0 saturated carbocycles. The monoisotopic (exact) mass is 406 g/mol. The summed E-state index contributed by atoms with van der Waals surface area (Å²) in [6.45, 7) is 0.531. The van der Waals surface area contributed by atoms with Crippen molar-refractivity contribution in [1.29, 1.82) is 0 Å². The fourth-order valence-corrected chi connectivity index (χ4v) is 3.13. The van der Waals surface area contributed by atoms with Crippen molar-refractivity contribution >= 4 is 17.6 Å². The highest BCUT2D eigenvalue weighted by molar-refractivity contribution is 5.95. The number of hydrogen-bond donors (Lipinski definition) is 2. The molecule has 0 atom stereocenters. The number of ether oxygens (including phenoxy) is 2. The van der Waals surface area contributed by atoms with E-state index in [-0.39, 0.29) is 24.3 Å².